The van der Waals surface area contributed by atoms with E-state index < -0.39 is 0 Å². The van der Waals surface area contributed by atoms with Crippen molar-refractivity contribution < 1.29 is 0 Å². The predicted octanol–water partition coefficient (Wildman–Crippen LogP) is 1.43. The van der Waals surface area contributed by atoms with Crippen molar-refractivity contribution in [2.45, 2.75) is 6.54 Å². The number of H-pyrrole nitrogens is 1. The number of nitrogens with one attached hydrogen (secondary N) is 2. The van der Waals surface area contributed by atoms with Crippen LogP contribution in [0.5, 0.6) is 0 Å². The fourth-order valence-electron chi connectivity index (χ4n) is 1.18. The summed E-state index contributed by atoms with van der Waals surface area (Å²) in [5.74, 6) is 0.349. The van der Waals surface area contributed by atoms with Crippen LogP contribution in [0.4, 0.5) is 5.95 Å². The highest BCUT2D eigenvalue weighted by atomic mass is 35.5. The molecule has 0 aliphatic carbocycles. The summed E-state index contributed by atoms with van der Waals surface area (Å²) in [6.07, 6.45) is 1.12. The summed E-state index contributed by atoms with van der Waals surface area (Å²) in [6, 6.07) is 7.39. The zero-order chi connectivity index (χ0) is 11.4. The van der Waals surface area contributed by atoms with Crippen LogP contribution in [0.3, 0.4) is 0 Å². The van der Waals surface area contributed by atoms with E-state index in [1.54, 1.807) is 12.1 Å². The highest BCUT2D eigenvalue weighted by Gasteiger charge is 1.96. The van der Waals surface area contributed by atoms with Gasteiger partial charge in [0.15, 0.2) is 0 Å². The number of halogens is 1. The quantitative estimate of drug-likeness (QED) is 0.846. The van der Waals surface area contributed by atoms with Gasteiger partial charge in [0, 0.05) is 11.6 Å². The molecule has 0 aliphatic rings. The van der Waals surface area contributed by atoms with Gasteiger partial charge >= 0.3 is 0 Å². The van der Waals surface area contributed by atoms with Crippen molar-refractivity contribution in [3.8, 4) is 0 Å². The number of hydrogen-bond acceptors (Lipinski definition) is 4. The Morgan fingerprint density at radius 2 is 2.06 bits per heavy atom. The van der Waals surface area contributed by atoms with Crippen molar-refractivity contribution in [2.24, 2.45) is 0 Å². The van der Waals surface area contributed by atoms with Crippen molar-refractivity contribution in [3.05, 3.63) is 51.4 Å². The minimum Gasteiger partial charge on any atom is -0.350 e. The lowest BCUT2D eigenvalue weighted by Gasteiger charge is -2.03. The third-order valence-corrected chi connectivity index (χ3v) is 2.20. The third kappa shape index (κ3) is 2.80. The van der Waals surface area contributed by atoms with Crippen molar-refractivity contribution in [1.82, 2.24) is 15.2 Å². The summed E-state index contributed by atoms with van der Waals surface area (Å²) in [5.41, 5.74) is 0.754. The molecule has 0 saturated heterocycles. The monoisotopic (exact) mass is 236 g/mol. The maximum absolute atomic E-state index is 10.9. The molecule has 1 heterocycles. The van der Waals surface area contributed by atoms with E-state index in [9.17, 15) is 4.79 Å². The van der Waals surface area contributed by atoms with Gasteiger partial charge in [-0.15, -0.1) is 10.2 Å². The van der Waals surface area contributed by atoms with E-state index in [2.05, 4.69) is 20.5 Å². The summed E-state index contributed by atoms with van der Waals surface area (Å²) in [4.78, 5) is 13.5. The summed E-state index contributed by atoms with van der Waals surface area (Å²) < 4.78 is 0. The van der Waals surface area contributed by atoms with Gasteiger partial charge < -0.3 is 5.32 Å². The molecule has 0 spiro atoms. The molecule has 0 amide bonds. The normalized spacial score (nSPS) is 10.1. The Morgan fingerprint density at radius 1 is 1.31 bits per heavy atom. The highest BCUT2D eigenvalue weighted by Crippen LogP contribution is 2.09. The Hall–Kier alpha value is -1.88. The molecule has 0 aliphatic heterocycles. The third-order valence-electron chi connectivity index (χ3n) is 1.95. The summed E-state index contributed by atoms with van der Waals surface area (Å²) in [6.45, 7) is 0.547. The second-order valence-electron chi connectivity index (χ2n) is 3.16. The van der Waals surface area contributed by atoms with Crippen LogP contribution in [-0.2, 0) is 6.54 Å². The molecule has 16 heavy (non-hydrogen) atoms. The lowest BCUT2D eigenvalue weighted by Crippen LogP contribution is -2.12. The molecule has 2 aromatic rings. The second-order valence-corrected chi connectivity index (χ2v) is 3.60. The summed E-state index contributed by atoms with van der Waals surface area (Å²) in [7, 11) is 0. The van der Waals surface area contributed by atoms with Crippen molar-refractivity contribution in [3.63, 3.8) is 0 Å². The number of nitrogens with zero attached hydrogens (tertiary/aromatic N) is 2. The predicted molar refractivity (Wildman–Crippen MR) is 61.4 cm³/mol. The first-order chi connectivity index (χ1) is 7.74. The lowest BCUT2D eigenvalue weighted by molar-refractivity contribution is 0.924. The van der Waals surface area contributed by atoms with Crippen LogP contribution in [0.15, 0.2) is 35.3 Å². The van der Waals surface area contributed by atoms with Crippen LogP contribution in [-0.4, -0.2) is 15.2 Å². The maximum Gasteiger partial charge on any atom is 0.271 e. The number of anilines is 1. The first-order valence-corrected chi connectivity index (χ1v) is 5.02. The fraction of sp³-hybridized carbons (Fsp3) is 0.100. The molecular formula is C10H9ClN4O. The minimum atomic E-state index is -0.284. The Kier molecular flexibility index (Phi) is 3.16. The van der Waals surface area contributed by atoms with Crippen LogP contribution >= 0.6 is 11.6 Å². The molecule has 82 valence electrons. The molecule has 0 saturated carbocycles. The average molecular weight is 237 g/mol. The van der Waals surface area contributed by atoms with E-state index >= 15 is 0 Å². The molecule has 0 bridgehead atoms. The van der Waals surface area contributed by atoms with Crippen LogP contribution in [0.2, 0.25) is 5.02 Å². The second kappa shape index (κ2) is 4.76. The average Bonchev–Trinajstić information content (AvgIpc) is 2.28. The van der Waals surface area contributed by atoms with Crippen molar-refractivity contribution in [2.75, 3.05) is 5.32 Å². The molecule has 0 atom stereocenters. The first kappa shape index (κ1) is 10.6. The Balaban J connectivity index is 2.02. The van der Waals surface area contributed by atoms with Gasteiger partial charge in [-0.2, -0.15) is 0 Å². The topological polar surface area (TPSA) is 70.7 Å². The largest absolute Gasteiger partial charge is 0.350 e. The zero-order valence-electron chi connectivity index (χ0n) is 8.27. The maximum atomic E-state index is 10.9. The first-order valence-electron chi connectivity index (χ1n) is 4.64. The molecule has 5 nitrogen and oxygen atoms in total. The number of hydrogen-bond donors (Lipinski definition) is 2. The molecule has 0 unspecified atom stereocenters. The molecular weight excluding hydrogens is 228 g/mol. The molecule has 1 aromatic heterocycles. The summed E-state index contributed by atoms with van der Waals surface area (Å²) >= 11 is 5.76. The Bertz CT molecular complexity index is 523. The van der Waals surface area contributed by atoms with Gasteiger partial charge in [-0.3, -0.25) is 9.78 Å². The Labute approximate surface area is 96.5 Å². The standard InChI is InChI=1S/C10H9ClN4O/c11-8-3-1-7(2-4-8)5-12-10-14-9(16)6-13-15-10/h1-4,6H,5H2,(H2,12,14,15,16). The van der Waals surface area contributed by atoms with Gasteiger partial charge in [0.1, 0.15) is 6.20 Å². The minimum absolute atomic E-state index is 0.284. The highest BCUT2D eigenvalue weighted by molar-refractivity contribution is 6.30. The SMILES string of the molecule is O=c1cnnc(NCc2ccc(Cl)cc2)[nH]1. The summed E-state index contributed by atoms with van der Waals surface area (Å²) in [5, 5.41) is 10.9. The van der Waals surface area contributed by atoms with Crippen LogP contribution in [0, 0.1) is 0 Å². The van der Waals surface area contributed by atoms with E-state index in [0.717, 1.165) is 11.8 Å². The van der Waals surface area contributed by atoms with E-state index in [4.69, 9.17) is 11.6 Å². The van der Waals surface area contributed by atoms with Gasteiger partial charge in [0.05, 0.1) is 0 Å². The van der Waals surface area contributed by atoms with E-state index in [-0.39, 0.29) is 5.56 Å². The zero-order valence-corrected chi connectivity index (χ0v) is 9.03. The molecule has 1 aromatic carbocycles. The van der Waals surface area contributed by atoms with Crippen molar-refractivity contribution >= 4 is 17.5 Å². The van der Waals surface area contributed by atoms with Crippen LogP contribution < -0.4 is 10.9 Å². The lowest BCUT2D eigenvalue weighted by atomic mass is 10.2. The van der Waals surface area contributed by atoms with Crippen molar-refractivity contribution in [1.29, 1.82) is 0 Å². The molecule has 0 fully saturated rings. The van der Waals surface area contributed by atoms with E-state index in [0.29, 0.717) is 17.5 Å². The van der Waals surface area contributed by atoms with Crippen LogP contribution in [0.25, 0.3) is 0 Å². The molecule has 2 N–H and O–H groups in total. The smallest absolute Gasteiger partial charge is 0.271 e. The number of benzene rings is 1. The van der Waals surface area contributed by atoms with Crippen LogP contribution in [0.1, 0.15) is 5.56 Å². The fourth-order valence-corrected chi connectivity index (χ4v) is 1.31. The molecule has 2 rings (SSSR count). The number of rotatable bonds is 3. The Morgan fingerprint density at radius 3 is 2.75 bits per heavy atom. The molecule has 6 heteroatoms. The van der Waals surface area contributed by atoms with E-state index in [1.165, 1.54) is 0 Å². The van der Waals surface area contributed by atoms with E-state index in [1.807, 2.05) is 12.1 Å². The van der Waals surface area contributed by atoms with Gasteiger partial charge in [-0.1, -0.05) is 23.7 Å². The number of aromatic nitrogens is 3. The van der Waals surface area contributed by atoms with Gasteiger partial charge in [0.2, 0.25) is 5.95 Å². The van der Waals surface area contributed by atoms with Gasteiger partial charge in [0.25, 0.3) is 5.56 Å². The number of aromatic amines is 1. The van der Waals surface area contributed by atoms with Gasteiger partial charge in [-0.05, 0) is 17.7 Å². The molecule has 0 radical (unpaired) electrons. The van der Waals surface area contributed by atoms with Gasteiger partial charge in [-0.25, -0.2) is 0 Å².